The monoisotopic (exact) mass is 235 g/mol. The number of amides is 1. The SMILES string of the molecule is CC(C)C(C)(NC(=O)c1ccccc1)C(=O)O. The quantitative estimate of drug-likeness (QED) is 0.837. The van der Waals surface area contributed by atoms with Crippen molar-refractivity contribution < 1.29 is 14.7 Å². The van der Waals surface area contributed by atoms with Gasteiger partial charge in [0.1, 0.15) is 5.54 Å². The van der Waals surface area contributed by atoms with Crippen LogP contribution in [0.4, 0.5) is 0 Å². The van der Waals surface area contributed by atoms with Crippen molar-refractivity contribution in [1.82, 2.24) is 5.32 Å². The molecule has 0 spiro atoms. The molecule has 2 N–H and O–H groups in total. The van der Waals surface area contributed by atoms with Crippen molar-refractivity contribution in [3.05, 3.63) is 35.9 Å². The van der Waals surface area contributed by atoms with Crippen LogP contribution >= 0.6 is 0 Å². The number of carboxylic acids is 1. The number of carbonyl (C=O) groups is 2. The molecule has 0 aromatic heterocycles. The van der Waals surface area contributed by atoms with E-state index in [1.807, 2.05) is 0 Å². The molecule has 0 saturated carbocycles. The maximum atomic E-state index is 11.9. The lowest BCUT2D eigenvalue weighted by atomic mass is 9.88. The highest BCUT2D eigenvalue weighted by molar-refractivity contribution is 5.97. The third kappa shape index (κ3) is 2.84. The predicted molar refractivity (Wildman–Crippen MR) is 64.8 cm³/mol. The summed E-state index contributed by atoms with van der Waals surface area (Å²) in [6.07, 6.45) is 0. The van der Waals surface area contributed by atoms with Crippen molar-refractivity contribution in [2.75, 3.05) is 0 Å². The molecule has 1 aromatic rings. The normalized spacial score (nSPS) is 14.1. The average molecular weight is 235 g/mol. The van der Waals surface area contributed by atoms with Gasteiger partial charge in [0.15, 0.2) is 0 Å². The Morgan fingerprint density at radius 2 is 1.76 bits per heavy atom. The Kier molecular flexibility index (Phi) is 3.89. The maximum absolute atomic E-state index is 11.9. The second-order valence-corrected chi connectivity index (χ2v) is 4.48. The Labute approximate surface area is 101 Å². The van der Waals surface area contributed by atoms with Crippen LogP contribution in [-0.2, 0) is 4.79 Å². The number of rotatable bonds is 4. The van der Waals surface area contributed by atoms with Gasteiger partial charge in [-0.05, 0) is 25.0 Å². The molecule has 1 unspecified atom stereocenters. The summed E-state index contributed by atoms with van der Waals surface area (Å²) in [6, 6.07) is 8.58. The topological polar surface area (TPSA) is 66.4 Å². The number of carboxylic acid groups (broad SMARTS) is 1. The van der Waals surface area contributed by atoms with E-state index < -0.39 is 11.5 Å². The van der Waals surface area contributed by atoms with Crippen LogP contribution in [0.3, 0.4) is 0 Å². The molecule has 0 aliphatic heterocycles. The molecule has 0 heterocycles. The summed E-state index contributed by atoms with van der Waals surface area (Å²) in [6.45, 7) is 5.04. The standard InChI is InChI=1S/C13H17NO3/c1-9(2)13(3,12(16)17)14-11(15)10-7-5-4-6-8-10/h4-9H,1-3H3,(H,14,15)(H,16,17). The number of nitrogens with one attached hydrogen (secondary N) is 1. The van der Waals surface area contributed by atoms with Gasteiger partial charge in [-0.3, -0.25) is 4.79 Å². The van der Waals surface area contributed by atoms with Gasteiger partial charge in [0, 0.05) is 5.56 Å². The Bertz CT molecular complexity index is 414. The third-order valence-corrected chi connectivity index (χ3v) is 3.01. The van der Waals surface area contributed by atoms with Crippen molar-refractivity contribution in [2.24, 2.45) is 5.92 Å². The minimum absolute atomic E-state index is 0.201. The molecule has 4 heteroatoms. The molecule has 0 fully saturated rings. The van der Waals surface area contributed by atoms with Crippen molar-refractivity contribution >= 4 is 11.9 Å². The molecular weight excluding hydrogens is 218 g/mol. The average Bonchev–Trinajstić information content (AvgIpc) is 2.29. The van der Waals surface area contributed by atoms with E-state index in [-0.39, 0.29) is 11.8 Å². The second kappa shape index (κ2) is 4.99. The van der Waals surface area contributed by atoms with Crippen LogP contribution in [0.25, 0.3) is 0 Å². The molecular formula is C13H17NO3. The number of benzene rings is 1. The Morgan fingerprint density at radius 3 is 2.18 bits per heavy atom. The molecule has 1 aromatic carbocycles. The molecule has 0 aliphatic carbocycles. The first kappa shape index (κ1) is 13.2. The van der Waals surface area contributed by atoms with Crippen molar-refractivity contribution in [2.45, 2.75) is 26.3 Å². The molecule has 0 aliphatic rings. The summed E-state index contributed by atoms with van der Waals surface area (Å²) in [5.74, 6) is -1.60. The van der Waals surface area contributed by atoms with E-state index >= 15 is 0 Å². The van der Waals surface area contributed by atoms with Crippen LogP contribution in [-0.4, -0.2) is 22.5 Å². The molecule has 0 radical (unpaired) electrons. The van der Waals surface area contributed by atoms with Gasteiger partial charge in [0.2, 0.25) is 0 Å². The lowest BCUT2D eigenvalue weighted by Crippen LogP contribution is -2.55. The van der Waals surface area contributed by atoms with Crippen molar-refractivity contribution in [3.63, 3.8) is 0 Å². The van der Waals surface area contributed by atoms with Gasteiger partial charge in [-0.2, -0.15) is 0 Å². The fourth-order valence-electron chi connectivity index (χ4n) is 1.34. The Hall–Kier alpha value is -1.84. The predicted octanol–water partition coefficient (Wildman–Crippen LogP) is 1.92. The molecule has 1 amide bonds. The van der Waals surface area contributed by atoms with Gasteiger partial charge in [0.05, 0.1) is 0 Å². The number of hydrogen-bond acceptors (Lipinski definition) is 2. The molecule has 4 nitrogen and oxygen atoms in total. The fraction of sp³-hybridized carbons (Fsp3) is 0.385. The highest BCUT2D eigenvalue weighted by Crippen LogP contribution is 2.17. The highest BCUT2D eigenvalue weighted by Gasteiger charge is 2.38. The first-order valence-electron chi connectivity index (χ1n) is 5.49. The minimum Gasteiger partial charge on any atom is -0.480 e. The lowest BCUT2D eigenvalue weighted by molar-refractivity contribution is -0.145. The highest BCUT2D eigenvalue weighted by atomic mass is 16.4. The number of hydrogen-bond donors (Lipinski definition) is 2. The smallest absolute Gasteiger partial charge is 0.329 e. The van der Waals surface area contributed by atoms with Gasteiger partial charge >= 0.3 is 5.97 Å². The fourth-order valence-corrected chi connectivity index (χ4v) is 1.34. The van der Waals surface area contributed by atoms with Gasteiger partial charge in [-0.1, -0.05) is 32.0 Å². The van der Waals surface area contributed by atoms with Gasteiger partial charge < -0.3 is 10.4 Å². The van der Waals surface area contributed by atoms with E-state index in [0.717, 1.165) is 0 Å². The summed E-state index contributed by atoms with van der Waals surface area (Å²) in [5, 5.41) is 11.8. The van der Waals surface area contributed by atoms with E-state index in [1.54, 1.807) is 44.2 Å². The minimum atomic E-state index is -1.26. The summed E-state index contributed by atoms with van der Waals surface area (Å²) >= 11 is 0. The molecule has 1 rings (SSSR count). The largest absolute Gasteiger partial charge is 0.480 e. The Morgan fingerprint density at radius 1 is 1.24 bits per heavy atom. The van der Waals surface area contributed by atoms with Crippen molar-refractivity contribution in [1.29, 1.82) is 0 Å². The van der Waals surface area contributed by atoms with Crippen LogP contribution < -0.4 is 5.32 Å². The summed E-state index contributed by atoms with van der Waals surface area (Å²) in [4.78, 5) is 23.1. The molecule has 17 heavy (non-hydrogen) atoms. The zero-order valence-corrected chi connectivity index (χ0v) is 10.2. The summed E-state index contributed by atoms with van der Waals surface area (Å²) < 4.78 is 0. The molecule has 0 bridgehead atoms. The van der Waals surface area contributed by atoms with Crippen LogP contribution in [0.15, 0.2) is 30.3 Å². The van der Waals surface area contributed by atoms with Gasteiger partial charge in [-0.15, -0.1) is 0 Å². The third-order valence-electron chi connectivity index (χ3n) is 3.01. The van der Waals surface area contributed by atoms with Crippen LogP contribution in [0, 0.1) is 5.92 Å². The maximum Gasteiger partial charge on any atom is 0.329 e. The van der Waals surface area contributed by atoms with Crippen LogP contribution in [0.5, 0.6) is 0 Å². The van der Waals surface area contributed by atoms with Crippen molar-refractivity contribution in [3.8, 4) is 0 Å². The van der Waals surface area contributed by atoms with Gasteiger partial charge in [0.25, 0.3) is 5.91 Å². The van der Waals surface area contributed by atoms with E-state index in [2.05, 4.69) is 5.32 Å². The second-order valence-electron chi connectivity index (χ2n) is 4.48. The van der Waals surface area contributed by atoms with Crippen LogP contribution in [0.2, 0.25) is 0 Å². The lowest BCUT2D eigenvalue weighted by Gasteiger charge is -2.30. The summed E-state index contributed by atoms with van der Waals surface area (Å²) in [5.41, 5.74) is -0.798. The first-order chi connectivity index (χ1) is 7.88. The Balaban J connectivity index is 2.90. The summed E-state index contributed by atoms with van der Waals surface area (Å²) in [7, 11) is 0. The van der Waals surface area contributed by atoms with E-state index in [9.17, 15) is 14.7 Å². The van der Waals surface area contributed by atoms with E-state index in [0.29, 0.717) is 5.56 Å². The molecule has 92 valence electrons. The van der Waals surface area contributed by atoms with Gasteiger partial charge in [-0.25, -0.2) is 4.79 Å². The number of aliphatic carboxylic acids is 1. The molecule has 0 saturated heterocycles. The zero-order valence-electron chi connectivity index (χ0n) is 10.2. The number of carbonyl (C=O) groups excluding carboxylic acids is 1. The molecule has 1 atom stereocenters. The first-order valence-corrected chi connectivity index (χ1v) is 5.49. The van der Waals surface area contributed by atoms with Crippen LogP contribution in [0.1, 0.15) is 31.1 Å². The zero-order chi connectivity index (χ0) is 13.1. The van der Waals surface area contributed by atoms with E-state index in [4.69, 9.17) is 0 Å². The van der Waals surface area contributed by atoms with E-state index in [1.165, 1.54) is 6.92 Å².